The maximum Gasteiger partial charge on any atom is 0.408 e. The van der Waals surface area contributed by atoms with Gasteiger partial charge in [-0.2, -0.15) is 0 Å². The summed E-state index contributed by atoms with van der Waals surface area (Å²) in [6.45, 7) is 5.82. The monoisotopic (exact) mass is 649 g/mol. The normalized spacial score (nSPS) is 26.2. The van der Waals surface area contributed by atoms with E-state index in [0.717, 1.165) is 32.1 Å². The highest BCUT2D eigenvalue weighted by atomic mass is 127. The molecule has 1 rings (SSSR count). The van der Waals surface area contributed by atoms with Gasteiger partial charge >= 0.3 is 6.09 Å². The van der Waals surface area contributed by atoms with E-state index in [1.807, 2.05) is 35.0 Å². The fraction of sp³-hybridized carbons (Fsp3) is 0.773. The molecule has 0 heterocycles. The number of ether oxygens (including phenoxy) is 3. The van der Waals surface area contributed by atoms with E-state index in [4.69, 9.17) is 14.2 Å². The maximum atomic E-state index is 12.8. The number of hydrogen-bond donors (Lipinski definition) is 2. The van der Waals surface area contributed by atoms with E-state index in [9.17, 15) is 9.90 Å². The fourth-order valence-electron chi connectivity index (χ4n) is 4.04. The molecule has 0 spiro atoms. The minimum Gasteiger partial charge on any atom is -0.444 e. The van der Waals surface area contributed by atoms with Crippen molar-refractivity contribution in [2.75, 3.05) is 13.9 Å². The van der Waals surface area contributed by atoms with Crippen molar-refractivity contribution in [1.82, 2.24) is 5.32 Å². The second-order valence-electron chi connectivity index (χ2n) is 8.77. The second kappa shape index (κ2) is 14.3. The molecular weight excluding hydrogens is 612 g/mol. The molecule has 0 aliphatic heterocycles. The maximum absolute atomic E-state index is 12.8. The largest absolute Gasteiger partial charge is 0.444 e. The van der Waals surface area contributed by atoms with Crippen molar-refractivity contribution in [3.63, 3.8) is 0 Å². The molecule has 1 aliphatic rings. The summed E-state index contributed by atoms with van der Waals surface area (Å²) in [7, 11) is 1.61. The Morgan fingerprint density at radius 1 is 1.33 bits per heavy atom. The summed E-state index contributed by atoms with van der Waals surface area (Å²) in [6, 6.07) is 0. The lowest BCUT2D eigenvalue weighted by Gasteiger charge is -2.47. The van der Waals surface area contributed by atoms with Gasteiger partial charge in [-0.25, -0.2) is 4.79 Å². The Balaban J connectivity index is 3.04. The van der Waals surface area contributed by atoms with Crippen LogP contribution < -0.4 is 5.32 Å². The van der Waals surface area contributed by atoms with Crippen molar-refractivity contribution >= 4 is 51.3 Å². The van der Waals surface area contributed by atoms with Gasteiger partial charge in [0.05, 0.1) is 17.7 Å². The first-order valence-electron chi connectivity index (χ1n) is 10.5. The molecule has 4 atom stereocenters. The van der Waals surface area contributed by atoms with Gasteiger partial charge in [0.1, 0.15) is 12.4 Å². The molecule has 1 aliphatic carbocycles. The van der Waals surface area contributed by atoms with Gasteiger partial charge in [-0.05, 0) is 73.9 Å². The molecule has 0 aromatic rings. The predicted molar refractivity (Wildman–Crippen MR) is 137 cm³/mol. The molecular formula is C22H37I2NO5. The summed E-state index contributed by atoms with van der Waals surface area (Å²) in [5.41, 5.74) is -1.05. The van der Waals surface area contributed by atoms with E-state index < -0.39 is 17.2 Å². The van der Waals surface area contributed by atoms with Crippen molar-refractivity contribution < 1.29 is 24.1 Å². The quantitative estimate of drug-likeness (QED) is 0.217. The van der Waals surface area contributed by atoms with Gasteiger partial charge in [-0.1, -0.05) is 57.3 Å². The van der Waals surface area contributed by atoms with E-state index in [-0.39, 0.29) is 24.9 Å². The van der Waals surface area contributed by atoms with Crippen LogP contribution in [0.5, 0.6) is 0 Å². The van der Waals surface area contributed by atoms with Crippen molar-refractivity contribution in [3.05, 3.63) is 20.3 Å². The van der Waals surface area contributed by atoms with Crippen LogP contribution in [0.1, 0.15) is 65.7 Å². The summed E-state index contributed by atoms with van der Waals surface area (Å²) in [6.07, 6.45) is 8.82. The number of carbonyl (C=O) groups excluding carboxylic acids is 1. The van der Waals surface area contributed by atoms with Gasteiger partial charge in [0, 0.05) is 13.0 Å². The zero-order valence-corrected chi connectivity index (χ0v) is 22.8. The van der Waals surface area contributed by atoms with Crippen LogP contribution in [0.2, 0.25) is 0 Å². The molecule has 1 fully saturated rings. The molecule has 6 nitrogen and oxygen atoms in total. The average molecular weight is 649 g/mol. The molecule has 8 heteroatoms. The molecule has 0 aromatic heterocycles. The zero-order chi connectivity index (χ0) is 22.6. The molecule has 2 N–H and O–H groups in total. The third kappa shape index (κ3) is 10.1. The summed E-state index contributed by atoms with van der Waals surface area (Å²) >= 11 is 4.37. The number of rotatable bonds is 11. The number of methoxy groups -OCH3 is 1. The number of aliphatic hydroxyl groups excluding tert-OH is 1. The lowest BCUT2D eigenvalue weighted by atomic mass is 9.68. The lowest BCUT2D eigenvalue weighted by molar-refractivity contribution is -0.112. The number of alkyl carbamates (subject to hydrolysis) is 1. The van der Waals surface area contributed by atoms with E-state index >= 15 is 0 Å². The number of aliphatic hydroxyl groups is 1. The van der Waals surface area contributed by atoms with E-state index in [1.165, 1.54) is 0 Å². The van der Waals surface area contributed by atoms with Gasteiger partial charge in [0.2, 0.25) is 0 Å². The molecule has 0 bridgehead atoms. The van der Waals surface area contributed by atoms with Gasteiger partial charge in [0.25, 0.3) is 0 Å². The third-order valence-corrected chi connectivity index (χ3v) is 6.16. The van der Waals surface area contributed by atoms with Crippen LogP contribution in [0.25, 0.3) is 0 Å². The smallest absolute Gasteiger partial charge is 0.408 e. The first-order chi connectivity index (χ1) is 14.2. The highest BCUT2D eigenvalue weighted by Crippen LogP contribution is 2.41. The number of amides is 1. The van der Waals surface area contributed by atoms with Crippen LogP contribution in [0, 0.1) is 5.92 Å². The highest BCUT2D eigenvalue weighted by molar-refractivity contribution is 14.1. The van der Waals surface area contributed by atoms with Gasteiger partial charge in [-0.15, -0.1) is 0 Å². The Bertz CT molecular complexity index is 564. The number of hydrogen-bond acceptors (Lipinski definition) is 5. The standard InChI is InChI=1S/C22H37I2NO5/c1-21(2,3)30-20(27)25-22(12-5-8-17(26)9-7-14-23)13-6-10-19(29-16-28-4)18(22)11-15-24/h7,11,14-15,17-19,26H,5-6,8-10,12-13,16H2,1-4H3,(H,25,27)/b14-7-,15-11-/t17-,18-,19+,22-/m1/s1. The summed E-state index contributed by atoms with van der Waals surface area (Å²) in [5.74, 6) is -0.00259. The summed E-state index contributed by atoms with van der Waals surface area (Å²) in [4.78, 5) is 12.8. The SMILES string of the molecule is COCO[C@H]1CCC[C@@](CCC[C@@H](O)C/C=C\I)(NC(=O)OC(C)(C)C)[C@@H]1/C=C\I. The molecule has 1 amide bonds. The third-order valence-electron chi connectivity index (χ3n) is 5.24. The Morgan fingerprint density at radius 3 is 2.67 bits per heavy atom. The molecule has 0 radical (unpaired) electrons. The van der Waals surface area contributed by atoms with Crippen LogP contribution in [0.4, 0.5) is 4.79 Å². The first-order valence-corrected chi connectivity index (χ1v) is 13.0. The van der Waals surface area contributed by atoms with Crippen LogP contribution >= 0.6 is 45.2 Å². The van der Waals surface area contributed by atoms with Crippen LogP contribution in [0.3, 0.4) is 0 Å². The Hall–Kier alpha value is 0.0900. The number of nitrogens with one attached hydrogen (secondary N) is 1. The van der Waals surface area contributed by atoms with Crippen molar-refractivity contribution in [3.8, 4) is 0 Å². The molecule has 0 saturated heterocycles. The fourth-order valence-corrected chi connectivity index (χ4v) is 4.78. The van der Waals surface area contributed by atoms with Gasteiger partial charge < -0.3 is 24.6 Å². The van der Waals surface area contributed by atoms with Crippen LogP contribution in [-0.4, -0.2) is 48.5 Å². The minimum absolute atomic E-state index is 0.00259. The Kier molecular flexibility index (Phi) is 13.4. The molecule has 0 aromatic carbocycles. The number of halogens is 2. The van der Waals surface area contributed by atoms with E-state index in [1.54, 1.807) is 7.11 Å². The van der Waals surface area contributed by atoms with Crippen molar-refractivity contribution in [2.24, 2.45) is 5.92 Å². The Labute approximate surface area is 208 Å². The topological polar surface area (TPSA) is 77.0 Å². The van der Waals surface area contributed by atoms with Crippen LogP contribution in [0.15, 0.2) is 20.3 Å². The second-order valence-corrected chi connectivity index (χ2v) is 10.2. The predicted octanol–water partition coefficient (Wildman–Crippen LogP) is 5.86. The van der Waals surface area contributed by atoms with Crippen LogP contribution in [-0.2, 0) is 14.2 Å². The number of carbonyl (C=O) groups is 1. The van der Waals surface area contributed by atoms with Crippen molar-refractivity contribution in [1.29, 1.82) is 0 Å². The lowest BCUT2D eigenvalue weighted by Crippen LogP contribution is -2.59. The zero-order valence-electron chi connectivity index (χ0n) is 18.5. The van der Waals surface area contributed by atoms with E-state index in [2.05, 4.69) is 56.6 Å². The molecule has 1 saturated carbocycles. The summed E-state index contributed by atoms with van der Waals surface area (Å²) < 4.78 is 20.6. The highest BCUT2D eigenvalue weighted by Gasteiger charge is 2.46. The first kappa shape index (κ1) is 28.1. The Morgan fingerprint density at radius 2 is 2.07 bits per heavy atom. The van der Waals surface area contributed by atoms with Gasteiger partial charge in [0.15, 0.2) is 0 Å². The molecule has 0 unspecified atom stereocenters. The molecule has 30 heavy (non-hydrogen) atoms. The van der Waals surface area contributed by atoms with Crippen molar-refractivity contribution in [2.45, 2.75) is 89.1 Å². The molecule has 174 valence electrons. The average Bonchev–Trinajstić information content (AvgIpc) is 2.65. The summed E-state index contributed by atoms with van der Waals surface area (Å²) in [5, 5.41) is 13.5. The van der Waals surface area contributed by atoms with Gasteiger partial charge in [-0.3, -0.25) is 0 Å². The minimum atomic E-state index is -0.567. The van der Waals surface area contributed by atoms with E-state index in [0.29, 0.717) is 12.8 Å².